The molecule has 220 valence electrons. The summed E-state index contributed by atoms with van der Waals surface area (Å²) in [7, 11) is 3.63. The van der Waals surface area contributed by atoms with Gasteiger partial charge < -0.3 is 25.6 Å². The van der Waals surface area contributed by atoms with Gasteiger partial charge in [0.1, 0.15) is 17.4 Å². The standard InChI is InChI=1S/C20H24N4O2.2C2HF3O2/c1-24(2)20(23)15-10-8-14(9-11-15)18(25)7-4-12-26-17-6-3-5-16(13-17)19(21)22;2*3-2(4,5)1(6)7/h3,5-6,8-11,13,23H,4,7,12H2,1-2H3,(H3,21,22);2*(H,6,7). The number of nitrogens with one attached hydrogen (secondary N) is 2. The van der Waals surface area contributed by atoms with Crippen LogP contribution >= 0.6 is 0 Å². The second kappa shape index (κ2) is 15.7. The minimum atomic E-state index is -5.08. The summed E-state index contributed by atoms with van der Waals surface area (Å²) in [4.78, 5) is 31.8. The molecule has 0 spiro atoms. The molecule has 0 aliphatic heterocycles. The Balaban J connectivity index is 0.000000894. The van der Waals surface area contributed by atoms with Crippen LogP contribution in [-0.2, 0) is 9.59 Å². The fraction of sp³-hybridized carbons (Fsp3) is 0.292. The van der Waals surface area contributed by atoms with Crippen molar-refractivity contribution in [3.63, 3.8) is 0 Å². The van der Waals surface area contributed by atoms with E-state index in [-0.39, 0.29) is 11.6 Å². The van der Waals surface area contributed by atoms with E-state index in [4.69, 9.17) is 41.1 Å². The first kappa shape index (κ1) is 35.4. The van der Waals surface area contributed by atoms with Crippen molar-refractivity contribution in [3.8, 4) is 5.75 Å². The summed E-state index contributed by atoms with van der Waals surface area (Å²) in [5.74, 6) is -4.42. The number of halogens is 6. The average molecular weight is 580 g/mol. The van der Waals surface area contributed by atoms with Crippen molar-refractivity contribution in [1.82, 2.24) is 4.90 Å². The number of carboxylic acid groups (broad SMARTS) is 2. The first-order valence-electron chi connectivity index (χ1n) is 10.8. The highest BCUT2D eigenvalue weighted by Gasteiger charge is 2.38. The number of amidine groups is 2. The number of nitrogen functional groups attached to an aromatic ring is 1. The van der Waals surface area contributed by atoms with Crippen molar-refractivity contribution >= 4 is 29.4 Å². The summed E-state index contributed by atoms with van der Waals surface area (Å²) in [6, 6.07) is 14.1. The molecule has 0 amide bonds. The fourth-order valence-corrected chi connectivity index (χ4v) is 2.39. The number of Topliss-reactive ketones (excluding diaryl/α,β-unsaturated/α-hetero) is 1. The molecule has 0 radical (unpaired) electrons. The van der Waals surface area contributed by atoms with Crippen LogP contribution in [-0.4, -0.2) is 77.6 Å². The zero-order chi connectivity index (χ0) is 31.3. The van der Waals surface area contributed by atoms with Gasteiger partial charge in [-0.15, -0.1) is 0 Å². The van der Waals surface area contributed by atoms with Gasteiger partial charge in [-0.25, -0.2) is 9.59 Å². The predicted molar refractivity (Wildman–Crippen MR) is 131 cm³/mol. The van der Waals surface area contributed by atoms with Crippen molar-refractivity contribution in [3.05, 3.63) is 65.2 Å². The summed E-state index contributed by atoms with van der Waals surface area (Å²) in [6.45, 7) is 0.413. The van der Waals surface area contributed by atoms with Crippen molar-refractivity contribution in [2.75, 3.05) is 20.7 Å². The minimum Gasteiger partial charge on any atom is -0.494 e. The molecule has 0 unspecified atom stereocenters. The van der Waals surface area contributed by atoms with Crippen LogP contribution in [0.2, 0.25) is 0 Å². The second-order valence-electron chi connectivity index (χ2n) is 7.74. The first-order chi connectivity index (χ1) is 18.3. The summed E-state index contributed by atoms with van der Waals surface area (Å²) < 4.78 is 69.1. The van der Waals surface area contributed by atoms with E-state index in [1.807, 2.05) is 14.1 Å². The van der Waals surface area contributed by atoms with E-state index in [1.54, 1.807) is 53.4 Å². The van der Waals surface area contributed by atoms with E-state index >= 15 is 0 Å². The summed E-state index contributed by atoms with van der Waals surface area (Å²) in [5, 5.41) is 29.6. The maximum atomic E-state index is 12.3. The third kappa shape index (κ3) is 13.8. The van der Waals surface area contributed by atoms with Crippen LogP contribution in [0.1, 0.15) is 34.3 Å². The van der Waals surface area contributed by atoms with Crippen molar-refractivity contribution in [1.29, 1.82) is 10.8 Å². The summed E-state index contributed by atoms with van der Waals surface area (Å²) >= 11 is 0. The van der Waals surface area contributed by atoms with Crippen molar-refractivity contribution < 1.29 is 55.7 Å². The third-order valence-electron chi connectivity index (χ3n) is 4.37. The SMILES string of the molecule is CN(C)C(=N)c1ccc(C(=O)CCCOc2cccc(C(=N)N)c2)cc1.O=C(O)C(F)(F)F.O=C(O)C(F)(F)F. The molecule has 16 heteroatoms. The van der Waals surface area contributed by atoms with Crippen molar-refractivity contribution in [2.45, 2.75) is 25.2 Å². The molecule has 0 atom stereocenters. The summed E-state index contributed by atoms with van der Waals surface area (Å²) in [6.07, 6.45) is -9.19. The highest BCUT2D eigenvalue weighted by atomic mass is 19.4. The molecule has 0 bridgehead atoms. The van der Waals surface area contributed by atoms with Crippen LogP contribution in [0.25, 0.3) is 0 Å². The molecule has 2 aromatic rings. The van der Waals surface area contributed by atoms with Gasteiger partial charge in [0.2, 0.25) is 0 Å². The van der Waals surface area contributed by atoms with Gasteiger partial charge in [-0.3, -0.25) is 15.6 Å². The topological polar surface area (TPSA) is 178 Å². The largest absolute Gasteiger partial charge is 0.494 e. The smallest absolute Gasteiger partial charge is 0.490 e. The number of nitrogens with two attached hydrogens (primary N) is 1. The Bertz CT molecular complexity index is 1160. The zero-order valence-electron chi connectivity index (χ0n) is 21.1. The number of carbonyl (C=O) groups excluding carboxylic acids is 1. The highest BCUT2D eigenvalue weighted by Crippen LogP contribution is 2.15. The van der Waals surface area contributed by atoms with Crippen LogP contribution in [0.5, 0.6) is 5.75 Å². The second-order valence-corrected chi connectivity index (χ2v) is 7.74. The fourth-order valence-electron chi connectivity index (χ4n) is 2.39. The zero-order valence-corrected chi connectivity index (χ0v) is 21.1. The van der Waals surface area contributed by atoms with Gasteiger partial charge >= 0.3 is 24.3 Å². The van der Waals surface area contributed by atoms with E-state index in [0.717, 1.165) is 5.56 Å². The number of ketones is 1. The van der Waals surface area contributed by atoms with Gasteiger partial charge in [0.05, 0.1) is 6.61 Å². The number of carboxylic acids is 2. The van der Waals surface area contributed by atoms with E-state index in [2.05, 4.69) is 0 Å². The Labute approximate surface area is 224 Å². The van der Waals surface area contributed by atoms with E-state index in [0.29, 0.717) is 42.2 Å². The van der Waals surface area contributed by atoms with Crippen molar-refractivity contribution in [2.24, 2.45) is 5.73 Å². The number of hydrogen-bond acceptors (Lipinski definition) is 6. The lowest BCUT2D eigenvalue weighted by Gasteiger charge is -2.13. The molecule has 2 aromatic carbocycles. The van der Waals surface area contributed by atoms with Gasteiger partial charge in [-0.2, -0.15) is 26.3 Å². The van der Waals surface area contributed by atoms with Gasteiger partial charge in [0.25, 0.3) is 0 Å². The van der Waals surface area contributed by atoms with Crippen LogP contribution in [0.4, 0.5) is 26.3 Å². The Kier molecular flexibility index (Phi) is 13.9. The molecule has 2 rings (SSSR count). The quantitative estimate of drug-likeness (QED) is 0.102. The highest BCUT2D eigenvalue weighted by molar-refractivity contribution is 5.99. The van der Waals surface area contributed by atoms with Crippen LogP contribution < -0.4 is 10.5 Å². The number of benzene rings is 2. The monoisotopic (exact) mass is 580 g/mol. The van der Waals surface area contributed by atoms with Gasteiger partial charge in [-0.1, -0.05) is 36.4 Å². The lowest BCUT2D eigenvalue weighted by molar-refractivity contribution is -0.193. The molecular formula is C24H26F6N4O6. The third-order valence-corrected chi connectivity index (χ3v) is 4.37. The minimum absolute atomic E-state index is 0.00331. The lowest BCUT2D eigenvalue weighted by Crippen LogP contribution is -2.21. The average Bonchev–Trinajstić information content (AvgIpc) is 2.85. The Morgan fingerprint density at radius 1 is 0.850 bits per heavy atom. The number of carbonyl (C=O) groups is 3. The number of ether oxygens (including phenoxy) is 1. The van der Waals surface area contributed by atoms with E-state index in [1.165, 1.54) is 0 Å². The summed E-state index contributed by atoms with van der Waals surface area (Å²) in [5.41, 5.74) is 7.48. The van der Waals surface area contributed by atoms with Crippen LogP contribution in [0.3, 0.4) is 0 Å². The van der Waals surface area contributed by atoms with Gasteiger partial charge in [-0.05, 0) is 18.6 Å². The predicted octanol–water partition coefficient (Wildman–Crippen LogP) is 4.17. The molecule has 0 aliphatic carbocycles. The number of aliphatic carboxylic acids is 2. The first-order valence-corrected chi connectivity index (χ1v) is 10.8. The normalized spacial score (nSPS) is 10.6. The molecule has 0 saturated carbocycles. The molecule has 0 aromatic heterocycles. The van der Waals surface area contributed by atoms with Crippen LogP contribution in [0, 0.1) is 10.8 Å². The van der Waals surface area contributed by atoms with Gasteiger partial charge in [0, 0.05) is 37.2 Å². The van der Waals surface area contributed by atoms with Gasteiger partial charge in [0.15, 0.2) is 5.78 Å². The number of rotatable bonds is 8. The molecule has 0 saturated heterocycles. The Morgan fingerprint density at radius 3 is 1.70 bits per heavy atom. The van der Waals surface area contributed by atoms with E-state index < -0.39 is 24.3 Å². The number of alkyl halides is 6. The number of hydrogen-bond donors (Lipinski definition) is 5. The van der Waals surface area contributed by atoms with Crippen LogP contribution in [0.15, 0.2) is 48.5 Å². The molecule has 6 N–H and O–H groups in total. The number of nitrogens with zero attached hydrogens (tertiary/aromatic N) is 1. The Morgan fingerprint density at radius 2 is 1.30 bits per heavy atom. The maximum absolute atomic E-state index is 12.3. The lowest BCUT2D eigenvalue weighted by atomic mass is 10.0. The Hall–Kier alpha value is -4.63. The molecule has 0 fully saturated rings. The molecule has 0 heterocycles. The molecule has 40 heavy (non-hydrogen) atoms. The molecule has 10 nitrogen and oxygen atoms in total. The molecule has 0 aliphatic rings. The maximum Gasteiger partial charge on any atom is 0.490 e. The molecular weight excluding hydrogens is 554 g/mol. The van der Waals surface area contributed by atoms with E-state index in [9.17, 15) is 31.1 Å².